The fourth-order valence-electron chi connectivity index (χ4n) is 3.13. The summed E-state index contributed by atoms with van der Waals surface area (Å²) in [4.78, 5) is 0. The summed E-state index contributed by atoms with van der Waals surface area (Å²) in [6.45, 7) is 2.17. The number of hydrogen-bond donors (Lipinski definition) is 1. The highest BCUT2D eigenvalue weighted by atomic mass is 32.1. The molecule has 2 heteroatoms. The maximum atomic E-state index is 3.71. The van der Waals surface area contributed by atoms with Crippen LogP contribution in [0, 0.1) is 6.92 Å². The Bertz CT molecular complexity index is 772. The normalized spacial score (nSPS) is 17.4. The zero-order chi connectivity index (χ0) is 13.5. The van der Waals surface area contributed by atoms with E-state index >= 15 is 0 Å². The summed E-state index contributed by atoms with van der Waals surface area (Å²) >= 11 is 1.80. The molecule has 1 atom stereocenters. The van der Waals surface area contributed by atoms with Gasteiger partial charge in [0.25, 0.3) is 0 Å². The Hall–Kier alpha value is -1.80. The van der Waals surface area contributed by atoms with E-state index < -0.39 is 0 Å². The first-order valence-corrected chi connectivity index (χ1v) is 8.01. The number of anilines is 1. The molecule has 100 valence electrons. The quantitative estimate of drug-likeness (QED) is 0.670. The van der Waals surface area contributed by atoms with Crippen LogP contribution < -0.4 is 5.32 Å². The first-order chi connectivity index (χ1) is 9.79. The fourth-order valence-corrected chi connectivity index (χ4v) is 3.90. The molecule has 0 spiro atoms. The highest BCUT2D eigenvalue weighted by molar-refractivity contribution is 7.17. The SMILES string of the molecule is Cc1ccc2c(c1)C(Nc1ccc3sccc3c1)CC2. The minimum Gasteiger partial charge on any atom is -0.378 e. The molecular weight excluding hydrogens is 262 g/mol. The zero-order valence-electron chi connectivity index (χ0n) is 11.5. The van der Waals surface area contributed by atoms with Crippen LogP contribution in [0.2, 0.25) is 0 Å². The van der Waals surface area contributed by atoms with E-state index in [2.05, 4.69) is 60.1 Å². The van der Waals surface area contributed by atoms with Gasteiger partial charge in [0.15, 0.2) is 0 Å². The second-order valence-electron chi connectivity index (χ2n) is 5.61. The van der Waals surface area contributed by atoms with E-state index in [0.29, 0.717) is 6.04 Å². The lowest BCUT2D eigenvalue weighted by Gasteiger charge is -2.16. The van der Waals surface area contributed by atoms with Crippen molar-refractivity contribution in [1.82, 2.24) is 0 Å². The molecule has 1 aliphatic rings. The first-order valence-electron chi connectivity index (χ1n) is 7.13. The van der Waals surface area contributed by atoms with Crippen molar-refractivity contribution in [2.24, 2.45) is 0 Å². The highest BCUT2D eigenvalue weighted by Crippen LogP contribution is 2.35. The largest absolute Gasteiger partial charge is 0.378 e. The molecule has 2 aromatic carbocycles. The molecule has 1 heterocycles. The minimum absolute atomic E-state index is 0.459. The van der Waals surface area contributed by atoms with Gasteiger partial charge in [0, 0.05) is 10.4 Å². The number of aryl methyl sites for hydroxylation is 2. The van der Waals surface area contributed by atoms with Crippen LogP contribution in [0.1, 0.15) is 29.2 Å². The second-order valence-corrected chi connectivity index (χ2v) is 6.56. The lowest BCUT2D eigenvalue weighted by atomic mass is 10.0. The number of hydrogen-bond acceptors (Lipinski definition) is 2. The van der Waals surface area contributed by atoms with E-state index in [4.69, 9.17) is 0 Å². The van der Waals surface area contributed by atoms with Crippen LogP contribution in [0.5, 0.6) is 0 Å². The molecule has 1 unspecified atom stereocenters. The van der Waals surface area contributed by atoms with E-state index in [1.807, 2.05) is 0 Å². The molecule has 0 bridgehead atoms. The minimum atomic E-state index is 0.459. The molecular formula is C18H17NS. The van der Waals surface area contributed by atoms with E-state index in [-0.39, 0.29) is 0 Å². The van der Waals surface area contributed by atoms with Gasteiger partial charge < -0.3 is 5.32 Å². The third-order valence-corrected chi connectivity index (χ3v) is 5.07. The lowest BCUT2D eigenvalue weighted by molar-refractivity contribution is 0.762. The van der Waals surface area contributed by atoms with Crippen molar-refractivity contribution in [3.05, 3.63) is 64.5 Å². The monoisotopic (exact) mass is 279 g/mol. The Morgan fingerprint density at radius 1 is 1.10 bits per heavy atom. The van der Waals surface area contributed by atoms with Crippen LogP contribution in [0.3, 0.4) is 0 Å². The maximum Gasteiger partial charge on any atom is 0.0519 e. The average molecular weight is 279 g/mol. The summed E-state index contributed by atoms with van der Waals surface area (Å²) in [6, 6.07) is 16.2. The fraction of sp³-hybridized carbons (Fsp3) is 0.222. The van der Waals surface area contributed by atoms with Crippen LogP contribution in [0.25, 0.3) is 10.1 Å². The topological polar surface area (TPSA) is 12.0 Å². The first kappa shape index (κ1) is 12.0. The molecule has 0 saturated heterocycles. The lowest BCUT2D eigenvalue weighted by Crippen LogP contribution is -2.07. The molecule has 0 aliphatic heterocycles. The predicted molar refractivity (Wildman–Crippen MR) is 87.7 cm³/mol. The molecule has 0 saturated carbocycles. The van der Waals surface area contributed by atoms with Crippen molar-refractivity contribution in [2.45, 2.75) is 25.8 Å². The van der Waals surface area contributed by atoms with Crippen LogP contribution in [-0.4, -0.2) is 0 Å². The summed E-state index contributed by atoms with van der Waals surface area (Å²) < 4.78 is 1.36. The van der Waals surface area contributed by atoms with Crippen LogP contribution in [0.4, 0.5) is 5.69 Å². The van der Waals surface area contributed by atoms with Crippen molar-refractivity contribution in [1.29, 1.82) is 0 Å². The Morgan fingerprint density at radius 3 is 3.00 bits per heavy atom. The van der Waals surface area contributed by atoms with Gasteiger partial charge in [-0.25, -0.2) is 0 Å². The van der Waals surface area contributed by atoms with Crippen molar-refractivity contribution in [3.8, 4) is 0 Å². The number of thiophene rings is 1. The predicted octanol–water partition coefficient (Wildman–Crippen LogP) is 5.31. The second kappa shape index (κ2) is 4.64. The standard InChI is InChI=1S/C18H17NS/c1-12-2-3-13-4-6-17(16(13)10-12)19-15-5-7-18-14(11-15)8-9-20-18/h2-3,5,7-11,17,19H,4,6H2,1H3. The summed E-state index contributed by atoms with van der Waals surface area (Å²) in [6.07, 6.45) is 2.38. The molecule has 1 nitrogen and oxygen atoms in total. The Morgan fingerprint density at radius 2 is 2.05 bits per heavy atom. The van der Waals surface area contributed by atoms with Crippen LogP contribution in [0.15, 0.2) is 47.8 Å². The van der Waals surface area contributed by atoms with Gasteiger partial charge in [-0.15, -0.1) is 11.3 Å². The van der Waals surface area contributed by atoms with Crippen molar-refractivity contribution in [2.75, 3.05) is 5.32 Å². The van der Waals surface area contributed by atoms with Gasteiger partial charge in [0.05, 0.1) is 6.04 Å². The van der Waals surface area contributed by atoms with Gasteiger partial charge in [0.1, 0.15) is 0 Å². The highest BCUT2D eigenvalue weighted by Gasteiger charge is 2.22. The Labute approximate surface area is 123 Å². The molecule has 1 aromatic heterocycles. The summed E-state index contributed by atoms with van der Waals surface area (Å²) in [5, 5.41) is 7.20. The molecule has 4 rings (SSSR count). The van der Waals surface area contributed by atoms with E-state index in [0.717, 1.165) is 0 Å². The van der Waals surface area contributed by atoms with Gasteiger partial charge in [0.2, 0.25) is 0 Å². The third kappa shape index (κ3) is 2.01. The number of nitrogens with one attached hydrogen (secondary N) is 1. The molecule has 20 heavy (non-hydrogen) atoms. The van der Waals surface area contributed by atoms with E-state index in [1.54, 1.807) is 11.3 Å². The average Bonchev–Trinajstić information content (AvgIpc) is 3.05. The number of benzene rings is 2. The molecule has 3 aromatic rings. The third-order valence-electron chi connectivity index (χ3n) is 4.17. The molecule has 0 fully saturated rings. The van der Waals surface area contributed by atoms with Crippen LogP contribution in [-0.2, 0) is 6.42 Å². The number of rotatable bonds is 2. The van der Waals surface area contributed by atoms with Gasteiger partial charge in [-0.3, -0.25) is 0 Å². The summed E-state index contributed by atoms with van der Waals surface area (Å²) in [5.41, 5.74) is 5.57. The van der Waals surface area contributed by atoms with E-state index in [1.165, 1.54) is 45.3 Å². The molecule has 0 amide bonds. The molecule has 1 N–H and O–H groups in total. The van der Waals surface area contributed by atoms with Crippen molar-refractivity contribution in [3.63, 3.8) is 0 Å². The Balaban J connectivity index is 1.65. The van der Waals surface area contributed by atoms with Gasteiger partial charge in [-0.05, 0) is 65.9 Å². The van der Waals surface area contributed by atoms with Gasteiger partial charge in [-0.1, -0.05) is 23.8 Å². The maximum absolute atomic E-state index is 3.71. The van der Waals surface area contributed by atoms with Crippen LogP contribution >= 0.6 is 11.3 Å². The summed E-state index contributed by atoms with van der Waals surface area (Å²) in [5.74, 6) is 0. The molecule has 1 aliphatic carbocycles. The number of fused-ring (bicyclic) bond motifs is 2. The molecule has 0 radical (unpaired) electrons. The van der Waals surface area contributed by atoms with Crippen molar-refractivity contribution >= 4 is 27.1 Å². The van der Waals surface area contributed by atoms with Gasteiger partial charge in [-0.2, -0.15) is 0 Å². The summed E-state index contributed by atoms with van der Waals surface area (Å²) in [7, 11) is 0. The van der Waals surface area contributed by atoms with Crippen molar-refractivity contribution < 1.29 is 0 Å². The smallest absolute Gasteiger partial charge is 0.0519 e. The zero-order valence-corrected chi connectivity index (χ0v) is 12.3. The van der Waals surface area contributed by atoms with E-state index in [9.17, 15) is 0 Å². The Kier molecular flexibility index (Phi) is 2.78. The van der Waals surface area contributed by atoms with Gasteiger partial charge >= 0.3 is 0 Å².